The molecule has 1 aliphatic heterocycles. The average molecular weight is 408 g/mol. The molecule has 2 atom stereocenters. The largest absolute Gasteiger partial charge is 0.455 e. The van der Waals surface area contributed by atoms with Gasteiger partial charge >= 0.3 is 5.97 Å². The monoisotopic (exact) mass is 408 g/mol. The molecule has 2 aromatic carbocycles. The van der Waals surface area contributed by atoms with E-state index in [0.29, 0.717) is 18.2 Å². The van der Waals surface area contributed by atoms with Gasteiger partial charge in [-0.2, -0.15) is 0 Å². The second-order valence-electron chi connectivity index (χ2n) is 7.97. The first-order valence-electron chi connectivity index (χ1n) is 10.3. The van der Waals surface area contributed by atoms with Crippen LogP contribution in [0.1, 0.15) is 50.3 Å². The van der Waals surface area contributed by atoms with Crippen LogP contribution in [0.5, 0.6) is 0 Å². The molecular formula is C24H28N2O4. The van der Waals surface area contributed by atoms with Gasteiger partial charge in [0.25, 0.3) is 5.91 Å². The van der Waals surface area contributed by atoms with Crippen LogP contribution < -0.4 is 5.32 Å². The summed E-state index contributed by atoms with van der Waals surface area (Å²) in [7, 11) is 0. The van der Waals surface area contributed by atoms with Crippen molar-refractivity contribution in [3.63, 3.8) is 0 Å². The van der Waals surface area contributed by atoms with E-state index in [2.05, 4.69) is 19.2 Å². The Labute approximate surface area is 177 Å². The maximum absolute atomic E-state index is 12.4. The number of nitrogens with zero attached hydrogens (tertiary/aromatic N) is 1. The SMILES string of the molecule is CC(C)c1ccc(NC(=O)COC(=O)[C@H]2CC(=O)N([C@H](C)c3ccccc3)C2)cc1. The fraction of sp³-hybridized carbons (Fsp3) is 0.375. The van der Waals surface area contributed by atoms with Crippen molar-refractivity contribution in [2.45, 2.75) is 39.2 Å². The average Bonchev–Trinajstić information content (AvgIpc) is 3.14. The van der Waals surface area contributed by atoms with Gasteiger partial charge in [0.05, 0.1) is 12.0 Å². The van der Waals surface area contributed by atoms with Gasteiger partial charge in [0.1, 0.15) is 0 Å². The van der Waals surface area contributed by atoms with Gasteiger partial charge in [-0.1, -0.05) is 56.3 Å². The first-order chi connectivity index (χ1) is 14.3. The Morgan fingerprint density at radius 3 is 2.33 bits per heavy atom. The van der Waals surface area contributed by atoms with Crippen LogP contribution in [0.3, 0.4) is 0 Å². The maximum Gasteiger partial charge on any atom is 0.311 e. The summed E-state index contributed by atoms with van der Waals surface area (Å²) in [5.74, 6) is -1.14. The molecular weight excluding hydrogens is 380 g/mol. The number of esters is 1. The van der Waals surface area contributed by atoms with E-state index in [-0.39, 0.29) is 25.0 Å². The molecule has 0 aliphatic carbocycles. The summed E-state index contributed by atoms with van der Waals surface area (Å²) in [6.45, 7) is 6.07. The number of anilines is 1. The molecule has 0 unspecified atom stereocenters. The van der Waals surface area contributed by atoms with Crippen LogP contribution in [0.15, 0.2) is 54.6 Å². The number of likely N-dealkylation sites (tertiary alicyclic amines) is 1. The Balaban J connectivity index is 1.49. The minimum absolute atomic E-state index is 0.0806. The summed E-state index contributed by atoms with van der Waals surface area (Å²) >= 11 is 0. The minimum Gasteiger partial charge on any atom is -0.455 e. The molecule has 6 nitrogen and oxygen atoms in total. The third-order valence-electron chi connectivity index (χ3n) is 5.45. The predicted octanol–water partition coefficient (Wildman–Crippen LogP) is 3.90. The normalized spacial score (nSPS) is 17.1. The number of benzene rings is 2. The lowest BCUT2D eigenvalue weighted by Gasteiger charge is -2.25. The highest BCUT2D eigenvalue weighted by Gasteiger charge is 2.38. The van der Waals surface area contributed by atoms with Gasteiger partial charge in [0.15, 0.2) is 6.61 Å². The molecule has 30 heavy (non-hydrogen) atoms. The van der Waals surface area contributed by atoms with Crippen molar-refractivity contribution in [3.05, 3.63) is 65.7 Å². The molecule has 0 aromatic heterocycles. The third kappa shape index (κ3) is 5.26. The van der Waals surface area contributed by atoms with Crippen molar-refractivity contribution in [1.29, 1.82) is 0 Å². The van der Waals surface area contributed by atoms with E-state index in [1.165, 1.54) is 5.56 Å². The van der Waals surface area contributed by atoms with Crippen LogP contribution in [0.4, 0.5) is 5.69 Å². The summed E-state index contributed by atoms with van der Waals surface area (Å²) in [4.78, 5) is 38.6. The number of rotatable bonds is 7. The zero-order valence-electron chi connectivity index (χ0n) is 17.6. The molecule has 0 radical (unpaired) electrons. The van der Waals surface area contributed by atoms with E-state index in [1.54, 1.807) is 4.90 Å². The van der Waals surface area contributed by atoms with E-state index in [1.807, 2.05) is 61.5 Å². The number of carbonyl (C=O) groups excluding carboxylic acids is 3. The lowest BCUT2D eigenvalue weighted by Crippen LogP contribution is -2.30. The van der Waals surface area contributed by atoms with Crippen molar-refractivity contribution in [2.75, 3.05) is 18.5 Å². The minimum atomic E-state index is -0.554. The highest BCUT2D eigenvalue weighted by molar-refractivity contribution is 5.93. The first kappa shape index (κ1) is 21.6. The fourth-order valence-electron chi connectivity index (χ4n) is 3.58. The smallest absolute Gasteiger partial charge is 0.311 e. The van der Waals surface area contributed by atoms with Gasteiger partial charge in [-0.15, -0.1) is 0 Å². The van der Waals surface area contributed by atoms with E-state index >= 15 is 0 Å². The Hall–Kier alpha value is -3.15. The number of hydrogen-bond donors (Lipinski definition) is 1. The lowest BCUT2D eigenvalue weighted by molar-refractivity contribution is -0.151. The highest BCUT2D eigenvalue weighted by Crippen LogP contribution is 2.29. The van der Waals surface area contributed by atoms with Crippen molar-refractivity contribution in [1.82, 2.24) is 4.90 Å². The summed E-state index contributed by atoms with van der Waals surface area (Å²) in [6.07, 6.45) is 0.105. The van der Waals surface area contributed by atoms with Crippen molar-refractivity contribution < 1.29 is 19.1 Å². The van der Waals surface area contributed by atoms with Gasteiger partial charge in [-0.3, -0.25) is 14.4 Å². The molecule has 2 aromatic rings. The van der Waals surface area contributed by atoms with Gasteiger partial charge < -0.3 is 15.0 Å². The van der Waals surface area contributed by atoms with Gasteiger partial charge in [-0.05, 0) is 36.1 Å². The third-order valence-corrected chi connectivity index (χ3v) is 5.45. The molecule has 1 heterocycles. The highest BCUT2D eigenvalue weighted by atomic mass is 16.5. The fourth-order valence-corrected chi connectivity index (χ4v) is 3.58. The summed E-state index contributed by atoms with van der Waals surface area (Å²) < 4.78 is 5.17. The molecule has 0 saturated carbocycles. The second-order valence-corrected chi connectivity index (χ2v) is 7.97. The predicted molar refractivity (Wildman–Crippen MR) is 115 cm³/mol. The van der Waals surface area contributed by atoms with Gasteiger partial charge in [0.2, 0.25) is 5.91 Å². The quantitative estimate of drug-likeness (QED) is 0.705. The van der Waals surface area contributed by atoms with Crippen molar-refractivity contribution in [3.8, 4) is 0 Å². The molecule has 0 bridgehead atoms. The second kappa shape index (κ2) is 9.57. The molecule has 1 N–H and O–H groups in total. The van der Waals surface area contributed by atoms with Crippen molar-refractivity contribution >= 4 is 23.5 Å². The standard InChI is InChI=1S/C24H28N2O4/c1-16(2)18-9-11-21(12-10-18)25-22(27)15-30-24(29)20-13-23(28)26(14-20)17(3)19-7-5-4-6-8-19/h4-12,16-17,20H,13-15H2,1-3H3,(H,25,27)/t17-,20+/m1/s1. The Kier molecular flexibility index (Phi) is 6.87. The number of hydrogen-bond acceptors (Lipinski definition) is 4. The Morgan fingerprint density at radius 1 is 1.03 bits per heavy atom. The number of nitrogens with one attached hydrogen (secondary N) is 1. The van der Waals surface area contributed by atoms with Crippen LogP contribution in [-0.4, -0.2) is 35.8 Å². The lowest BCUT2D eigenvalue weighted by atomic mass is 10.0. The number of ether oxygens (including phenoxy) is 1. The topological polar surface area (TPSA) is 75.7 Å². The molecule has 6 heteroatoms. The Bertz CT molecular complexity index is 893. The Morgan fingerprint density at radius 2 is 1.70 bits per heavy atom. The molecule has 158 valence electrons. The van der Waals surface area contributed by atoms with E-state index in [4.69, 9.17) is 4.74 Å². The van der Waals surface area contributed by atoms with E-state index in [0.717, 1.165) is 5.56 Å². The van der Waals surface area contributed by atoms with E-state index < -0.39 is 17.8 Å². The number of amides is 2. The summed E-state index contributed by atoms with van der Waals surface area (Å²) in [6, 6.07) is 17.1. The number of carbonyl (C=O) groups is 3. The zero-order chi connectivity index (χ0) is 21.7. The van der Waals surface area contributed by atoms with Crippen LogP contribution in [-0.2, 0) is 19.1 Å². The van der Waals surface area contributed by atoms with Crippen molar-refractivity contribution in [2.24, 2.45) is 5.92 Å². The molecule has 3 rings (SSSR count). The first-order valence-corrected chi connectivity index (χ1v) is 10.3. The molecule has 0 spiro atoms. The summed E-state index contributed by atoms with van der Waals surface area (Å²) in [5.41, 5.74) is 2.85. The van der Waals surface area contributed by atoms with Crippen LogP contribution in [0.2, 0.25) is 0 Å². The van der Waals surface area contributed by atoms with Crippen LogP contribution >= 0.6 is 0 Å². The zero-order valence-corrected chi connectivity index (χ0v) is 17.6. The van der Waals surface area contributed by atoms with Gasteiger partial charge in [-0.25, -0.2) is 0 Å². The van der Waals surface area contributed by atoms with Gasteiger partial charge in [0, 0.05) is 18.7 Å². The van der Waals surface area contributed by atoms with Crippen LogP contribution in [0, 0.1) is 5.92 Å². The molecule has 2 amide bonds. The van der Waals surface area contributed by atoms with Crippen LogP contribution in [0.25, 0.3) is 0 Å². The molecule has 1 fully saturated rings. The summed E-state index contributed by atoms with van der Waals surface area (Å²) in [5, 5.41) is 2.72. The maximum atomic E-state index is 12.4. The molecule has 1 saturated heterocycles. The van der Waals surface area contributed by atoms with E-state index in [9.17, 15) is 14.4 Å². The molecule has 1 aliphatic rings.